The van der Waals surface area contributed by atoms with Gasteiger partial charge in [-0.1, -0.05) is 12.1 Å². The van der Waals surface area contributed by atoms with Crippen LogP contribution in [0, 0.1) is 0 Å². The molecule has 118 valence electrons. The topological polar surface area (TPSA) is 43.0 Å². The molecule has 5 heteroatoms. The van der Waals surface area contributed by atoms with Gasteiger partial charge in [0.25, 0.3) is 0 Å². The molecule has 1 aliphatic rings. The van der Waals surface area contributed by atoms with Crippen LogP contribution in [0.2, 0.25) is 0 Å². The van der Waals surface area contributed by atoms with E-state index in [0.717, 1.165) is 38.5 Å². The summed E-state index contributed by atoms with van der Waals surface area (Å²) < 4.78 is 16.3. The number of nitrogens with one attached hydrogen (secondary N) is 1. The van der Waals surface area contributed by atoms with Crippen molar-refractivity contribution in [3.05, 3.63) is 29.8 Å². The Morgan fingerprint density at radius 2 is 2.29 bits per heavy atom. The van der Waals surface area contributed by atoms with E-state index >= 15 is 0 Å². The molecule has 1 aromatic carbocycles. The first-order valence-corrected chi connectivity index (χ1v) is 7.49. The van der Waals surface area contributed by atoms with Crippen molar-refractivity contribution >= 4 is 0 Å². The van der Waals surface area contributed by atoms with Crippen LogP contribution >= 0.6 is 0 Å². The highest BCUT2D eigenvalue weighted by Gasteiger charge is 2.16. The van der Waals surface area contributed by atoms with Gasteiger partial charge in [0.1, 0.15) is 12.4 Å². The van der Waals surface area contributed by atoms with Gasteiger partial charge in [0.15, 0.2) is 0 Å². The molecule has 1 heterocycles. The van der Waals surface area contributed by atoms with Crippen molar-refractivity contribution in [1.29, 1.82) is 0 Å². The summed E-state index contributed by atoms with van der Waals surface area (Å²) in [5.41, 5.74) is 1.22. The van der Waals surface area contributed by atoms with Gasteiger partial charge in [0.2, 0.25) is 0 Å². The highest BCUT2D eigenvalue weighted by molar-refractivity contribution is 5.28. The van der Waals surface area contributed by atoms with Gasteiger partial charge in [-0.25, -0.2) is 0 Å². The molecule has 0 aliphatic carbocycles. The number of rotatable bonds is 8. The van der Waals surface area contributed by atoms with Crippen LogP contribution in [-0.2, 0) is 16.0 Å². The van der Waals surface area contributed by atoms with E-state index < -0.39 is 0 Å². The van der Waals surface area contributed by atoms with Crippen molar-refractivity contribution in [3.63, 3.8) is 0 Å². The second kappa shape index (κ2) is 9.00. The van der Waals surface area contributed by atoms with Crippen molar-refractivity contribution in [1.82, 2.24) is 10.2 Å². The first kappa shape index (κ1) is 16.2. The third kappa shape index (κ3) is 6.01. The van der Waals surface area contributed by atoms with E-state index in [-0.39, 0.29) is 6.10 Å². The Bertz CT molecular complexity index is 414. The molecule has 1 atom stereocenters. The van der Waals surface area contributed by atoms with Crippen molar-refractivity contribution < 1.29 is 14.2 Å². The monoisotopic (exact) mass is 294 g/mol. The quantitative estimate of drug-likeness (QED) is 0.728. The van der Waals surface area contributed by atoms with Crippen LogP contribution in [0.5, 0.6) is 5.75 Å². The van der Waals surface area contributed by atoms with Gasteiger partial charge in [0, 0.05) is 33.3 Å². The van der Waals surface area contributed by atoms with Crippen molar-refractivity contribution in [2.75, 3.05) is 53.6 Å². The lowest BCUT2D eigenvalue weighted by Gasteiger charge is -2.30. The maximum atomic E-state index is 5.73. The summed E-state index contributed by atoms with van der Waals surface area (Å²) in [5.74, 6) is 0.889. The normalized spacial score (nSPS) is 19.6. The van der Waals surface area contributed by atoms with Gasteiger partial charge in [-0.3, -0.25) is 0 Å². The fourth-order valence-electron chi connectivity index (χ4n) is 2.36. The van der Waals surface area contributed by atoms with Crippen molar-refractivity contribution in [2.45, 2.75) is 12.6 Å². The number of nitrogens with zero attached hydrogens (tertiary/aromatic N) is 1. The van der Waals surface area contributed by atoms with E-state index in [1.807, 2.05) is 12.1 Å². The minimum absolute atomic E-state index is 0.282. The van der Waals surface area contributed by atoms with Crippen LogP contribution in [0.25, 0.3) is 0 Å². The molecule has 1 unspecified atom stereocenters. The third-order valence-electron chi connectivity index (χ3n) is 3.50. The highest BCUT2D eigenvalue weighted by Crippen LogP contribution is 2.13. The fraction of sp³-hybridized carbons (Fsp3) is 0.625. The summed E-state index contributed by atoms with van der Waals surface area (Å²) in [6.45, 7) is 5.73. The molecule has 1 aromatic rings. The van der Waals surface area contributed by atoms with Crippen LogP contribution in [0.1, 0.15) is 5.56 Å². The molecular weight excluding hydrogens is 268 g/mol. The summed E-state index contributed by atoms with van der Waals surface area (Å²) >= 11 is 0. The minimum atomic E-state index is 0.282. The van der Waals surface area contributed by atoms with Gasteiger partial charge >= 0.3 is 0 Å². The lowest BCUT2D eigenvalue weighted by molar-refractivity contribution is -0.0182. The number of methoxy groups -OCH3 is 1. The Labute approximate surface area is 127 Å². The molecule has 21 heavy (non-hydrogen) atoms. The number of ether oxygens (including phenoxy) is 3. The Kier molecular flexibility index (Phi) is 6.95. The largest absolute Gasteiger partial charge is 0.491 e. The Morgan fingerprint density at radius 1 is 1.38 bits per heavy atom. The van der Waals surface area contributed by atoms with Crippen molar-refractivity contribution in [2.24, 2.45) is 0 Å². The van der Waals surface area contributed by atoms with E-state index in [1.165, 1.54) is 5.56 Å². The molecule has 0 aromatic heterocycles. The van der Waals surface area contributed by atoms with E-state index in [4.69, 9.17) is 14.2 Å². The molecule has 5 nitrogen and oxygen atoms in total. The Hall–Kier alpha value is -1.14. The average molecular weight is 294 g/mol. The predicted octanol–water partition coefficient (Wildman–Crippen LogP) is 1.13. The third-order valence-corrected chi connectivity index (χ3v) is 3.50. The highest BCUT2D eigenvalue weighted by atomic mass is 16.5. The molecule has 0 saturated carbocycles. The van der Waals surface area contributed by atoms with Crippen LogP contribution in [0.4, 0.5) is 0 Å². The van der Waals surface area contributed by atoms with E-state index in [1.54, 1.807) is 7.11 Å². The lowest BCUT2D eigenvalue weighted by Crippen LogP contribution is -2.44. The zero-order valence-electron chi connectivity index (χ0n) is 13.0. The second-order valence-electron chi connectivity index (χ2n) is 5.37. The van der Waals surface area contributed by atoms with Crippen LogP contribution in [-0.4, -0.2) is 64.6 Å². The fourth-order valence-corrected chi connectivity index (χ4v) is 2.36. The summed E-state index contributed by atoms with van der Waals surface area (Å²) in [6.07, 6.45) is 0.282. The van der Waals surface area contributed by atoms with Crippen LogP contribution in [0.15, 0.2) is 24.3 Å². The maximum Gasteiger partial charge on any atom is 0.119 e. The van der Waals surface area contributed by atoms with Gasteiger partial charge in [-0.2, -0.15) is 0 Å². The Balaban J connectivity index is 1.71. The molecule has 1 aliphatic heterocycles. The molecule has 1 fully saturated rings. The van der Waals surface area contributed by atoms with Crippen LogP contribution in [0.3, 0.4) is 0 Å². The maximum absolute atomic E-state index is 5.73. The van der Waals surface area contributed by atoms with E-state index in [2.05, 4.69) is 29.4 Å². The number of hydrogen-bond donors (Lipinski definition) is 1. The molecule has 0 amide bonds. The van der Waals surface area contributed by atoms with Crippen LogP contribution < -0.4 is 10.1 Å². The van der Waals surface area contributed by atoms with Gasteiger partial charge in [-0.05, 0) is 24.7 Å². The standard InChI is InChI=1S/C16H26N2O3/c1-18-6-7-20-16(13-18)12-17-11-14-4-3-5-15(10-14)21-9-8-19-2/h3-5,10,16-17H,6-9,11-13H2,1-2H3. The molecule has 0 spiro atoms. The SMILES string of the molecule is COCCOc1cccc(CNCC2CN(C)CCO2)c1. The van der Waals surface area contributed by atoms with E-state index in [0.29, 0.717) is 13.2 Å². The second-order valence-corrected chi connectivity index (χ2v) is 5.37. The summed E-state index contributed by atoms with van der Waals surface area (Å²) in [6, 6.07) is 8.16. The first-order chi connectivity index (χ1) is 10.3. The predicted molar refractivity (Wildman–Crippen MR) is 82.8 cm³/mol. The van der Waals surface area contributed by atoms with E-state index in [9.17, 15) is 0 Å². The zero-order valence-corrected chi connectivity index (χ0v) is 13.0. The summed E-state index contributed by atoms with van der Waals surface area (Å²) in [4.78, 5) is 2.31. The molecule has 2 rings (SSSR count). The molecule has 1 N–H and O–H groups in total. The summed E-state index contributed by atoms with van der Waals surface area (Å²) in [7, 11) is 3.81. The average Bonchev–Trinajstić information content (AvgIpc) is 2.48. The first-order valence-electron chi connectivity index (χ1n) is 7.49. The lowest BCUT2D eigenvalue weighted by atomic mass is 10.2. The summed E-state index contributed by atoms with van der Waals surface area (Å²) in [5, 5.41) is 3.45. The minimum Gasteiger partial charge on any atom is -0.491 e. The smallest absolute Gasteiger partial charge is 0.119 e. The molecule has 1 saturated heterocycles. The van der Waals surface area contributed by atoms with Gasteiger partial charge in [0.05, 0.1) is 19.3 Å². The number of morpholine rings is 1. The molecular formula is C16H26N2O3. The number of benzene rings is 1. The number of hydrogen-bond acceptors (Lipinski definition) is 5. The zero-order chi connectivity index (χ0) is 14.9. The van der Waals surface area contributed by atoms with Gasteiger partial charge in [-0.15, -0.1) is 0 Å². The van der Waals surface area contributed by atoms with Crippen molar-refractivity contribution in [3.8, 4) is 5.75 Å². The van der Waals surface area contributed by atoms with Gasteiger partial charge < -0.3 is 24.4 Å². The number of likely N-dealkylation sites (N-methyl/N-ethyl adjacent to an activating group) is 1. The molecule has 0 radical (unpaired) electrons. The Morgan fingerprint density at radius 3 is 3.10 bits per heavy atom. The molecule has 0 bridgehead atoms.